The van der Waals surface area contributed by atoms with Crippen LogP contribution in [0.1, 0.15) is 54.2 Å². The molecule has 0 aliphatic carbocycles. The van der Waals surface area contributed by atoms with Crippen LogP contribution in [-0.4, -0.2) is 18.4 Å². The number of carbonyl (C=O) groups excluding carboxylic acids is 2. The Kier molecular flexibility index (Phi) is 6.19. The highest BCUT2D eigenvalue weighted by molar-refractivity contribution is 5.95. The van der Waals surface area contributed by atoms with Gasteiger partial charge in [0.2, 0.25) is 5.91 Å². The second-order valence-corrected chi connectivity index (χ2v) is 7.63. The first kappa shape index (κ1) is 19.7. The highest BCUT2D eigenvalue weighted by Gasteiger charge is 2.14. The monoisotopic (exact) mass is 352 g/mol. The number of benzene rings is 2. The van der Waals surface area contributed by atoms with Crippen LogP contribution in [0.2, 0.25) is 0 Å². The van der Waals surface area contributed by atoms with Crippen LogP contribution >= 0.6 is 0 Å². The van der Waals surface area contributed by atoms with E-state index < -0.39 is 0 Å². The summed E-state index contributed by atoms with van der Waals surface area (Å²) in [7, 11) is 0. The van der Waals surface area contributed by atoms with Gasteiger partial charge in [0, 0.05) is 24.2 Å². The Bertz CT molecular complexity index is 787. The van der Waals surface area contributed by atoms with Crippen molar-refractivity contribution in [2.75, 3.05) is 11.9 Å². The fourth-order valence-electron chi connectivity index (χ4n) is 2.61. The van der Waals surface area contributed by atoms with Crippen LogP contribution in [0.25, 0.3) is 0 Å². The Hall–Kier alpha value is -2.62. The third kappa shape index (κ3) is 5.19. The minimum Gasteiger partial charge on any atom is -0.352 e. The van der Waals surface area contributed by atoms with Crippen molar-refractivity contribution in [3.8, 4) is 0 Å². The molecule has 2 rings (SSSR count). The SMILES string of the molecule is Cc1cccc(NC(=O)CCNC(=O)c2ccc(C(C)(C)C)cc2)c1C. The van der Waals surface area contributed by atoms with Crippen molar-refractivity contribution in [3.05, 3.63) is 64.7 Å². The molecule has 0 aromatic heterocycles. The van der Waals surface area contributed by atoms with E-state index in [0.717, 1.165) is 16.8 Å². The lowest BCUT2D eigenvalue weighted by Crippen LogP contribution is -2.27. The molecule has 4 heteroatoms. The first-order valence-electron chi connectivity index (χ1n) is 8.93. The second-order valence-electron chi connectivity index (χ2n) is 7.63. The second kappa shape index (κ2) is 8.17. The van der Waals surface area contributed by atoms with Gasteiger partial charge in [0.1, 0.15) is 0 Å². The molecule has 2 N–H and O–H groups in total. The summed E-state index contributed by atoms with van der Waals surface area (Å²) in [4.78, 5) is 24.3. The summed E-state index contributed by atoms with van der Waals surface area (Å²) in [6.07, 6.45) is 0.235. The number of anilines is 1. The van der Waals surface area contributed by atoms with Gasteiger partial charge >= 0.3 is 0 Å². The molecule has 138 valence electrons. The van der Waals surface area contributed by atoms with Crippen LogP contribution in [0.3, 0.4) is 0 Å². The molecule has 0 bridgehead atoms. The van der Waals surface area contributed by atoms with Crippen molar-refractivity contribution in [1.82, 2.24) is 5.32 Å². The molecule has 0 saturated carbocycles. The average Bonchev–Trinajstić information content (AvgIpc) is 2.58. The Morgan fingerprint density at radius 1 is 0.962 bits per heavy atom. The quantitative estimate of drug-likeness (QED) is 0.840. The molecule has 2 aromatic carbocycles. The highest BCUT2D eigenvalue weighted by atomic mass is 16.2. The molecule has 0 radical (unpaired) electrons. The predicted octanol–water partition coefficient (Wildman–Crippen LogP) is 4.36. The number of carbonyl (C=O) groups is 2. The average molecular weight is 352 g/mol. The molecule has 0 atom stereocenters. The van der Waals surface area contributed by atoms with Crippen LogP contribution in [-0.2, 0) is 10.2 Å². The molecule has 0 heterocycles. The van der Waals surface area contributed by atoms with E-state index in [0.29, 0.717) is 12.1 Å². The van der Waals surface area contributed by atoms with E-state index in [2.05, 4.69) is 31.4 Å². The fraction of sp³-hybridized carbons (Fsp3) is 0.364. The van der Waals surface area contributed by atoms with Crippen molar-refractivity contribution in [2.24, 2.45) is 0 Å². The third-order valence-corrected chi connectivity index (χ3v) is 4.53. The van der Waals surface area contributed by atoms with Crippen LogP contribution in [0.4, 0.5) is 5.69 Å². The summed E-state index contributed by atoms with van der Waals surface area (Å²) in [6.45, 7) is 10.7. The summed E-state index contributed by atoms with van der Waals surface area (Å²) in [5.74, 6) is -0.271. The van der Waals surface area contributed by atoms with Crippen LogP contribution < -0.4 is 10.6 Å². The van der Waals surface area contributed by atoms with Gasteiger partial charge in [0.25, 0.3) is 5.91 Å². The molecular weight excluding hydrogens is 324 g/mol. The molecule has 0 fully saturated rings. The van der Waals surface area contributed by atoms with Crippen molar-refractivity contribution in [1.29, 1.82) is 0 Å². The number of hydrogen-bond acceptors (Lipinski definition) is 2. The molecule has 2 amide bonds. The predicted molar refractivity (Wildman–Crippen MR) is 107 cm³/mol. The summed E-state index contributed by atoms with van der Waals surface area (Å²) in [5.41, 5.74) is 4.86. The largest absolute Gasteiger partial charge is 0.352 e. The fourth-order valence-corrected chi connectivity index (χ4v) is 2.61. The van der Waals surface area contributed by atoms with Crippen LogP contribution in [0.15, 0.2) is 42.5 Å². The topological polar surface area (TPSA) is 58.2 Å². The maximum Gasteiger partial charge on any atom is 0.251 e. The molecule has 0 aliphatic rings. The summed E-state index contributed by atoms with van der Waals surface area (Å²) in [5, 5.41) is 5.70. The van der Waals surface area contributed by atoms with E-state index in [1.54, 1.807) is 0 Å². The molecule has 0 spiro atoms. The molecule has 0 aliphatic heterocycles. The zero-order valence-electron chi connectivity index (χ0n) is 16.3. The Labute approximate surface area is 156 Å². The van der Waals surface area contributed by atoms with E-state index in [1.807, 2.05) is 56.3 Å². The number of hydrogen-bond donors (Lipinski definition) is 2. The van der Waals surface area contributed by atoms with Crippen LogP contribution in [0, 0.1) is 13.8 Å². The van der Waals surface area contributed by atoms with Gasteiger partial charge in [-0.3, -0.25) is 9.59 Å². The first-order chi connectivity index (χ1) is 12.2. The zero-order chi connectivity index (χ0) is 19.3. The van der Waals surface area contributed by atoms with Gasteiger partial charge in [-0.1, -0.05) is 45.0 Å². The summed E-state index contributed by atoms with van der Waals surface area (Å²) >= 11 is 0. The zero-order valence-corrected chi connectivity index (χ0v) is 16.3. The van der Waals surface area contributed by atoms with E-state index in [9.17, 15) is 9.59 Å². The number of nitrogens with one attached hydrogen (secondary N) is 2. The van der Waals surface area contributed by atoms with E-state index in [4.69, 9.17) is 0 Å². The van der Waals surface area contributed by atoms with Gasteiger partial charge in [-0.2, -0.15) is 0 Å². The van der Waals surface area contributed by atoms with Crippen molar-refractivity contribution in [3.63, 3.8) is 0 Å². The Morgan fingerprint density at radius 2 is 1.62 bits per heavy atom. The van der Waals surface area contributed by atoms with Gasteiger partial charge in [-0.05, 0) is 54.2 Å². The lowest BCUT2D eigenvalue weighted by atomic mass is 9.87. The Balaban J connectivity index is 1.84. The number of aryl methyl sites for hydroxylation is 1. The highest BCUT2D eigenvalue weighted by Crippen LogP contribution is 2.22. The van der Waals surface area contributed by atoms with Crippen molar-refractivity contribution < 1.29 is 9.59 Å². The van der Waals surface area contributed by atoms with Gasteiger partial charge in [0.05, 0.1) is 0 Å². The maximum atomic E-state index is 12.2. The lowest BCUT2D eigenvalue weighted by Gasteiger charge is -2.19. The molecule has 0 unspecified atom stereocenters. The summed E-state index contributed by atoms with van der Waals surface area (Å²) in [6, 6.07) is 13.4. The molecule has 26 heavy (non-hydrogen) atoms. The summed E-state index contributed by atoms with van der Waals surface area (Å²) < 4.78 is 0. The molecule has 2 aromatic rings. The van der Waals surface area contributed by atoms with Gasteiger partial charge in [-0.15, -0.1) is 0 Å². The standard InChI is InChI=1S/C22H28N2O2/c1-15-7-6-8-19(16(15)2)24-20(25)13-14-23-21(26)17-9-11-18(12-10-17)22(3,4)5/h6-12H,13-14H2,1-5H3,(H,23,26)(H,24,25). The van der Waals surface area contributed by atoms with Gasteiger partial charge < -0.3 is 10.6 Å². The first-order valence-corrected chi connectivity index (χ1v) is 8.93. The lowest BCUT2D eigenvalue weighted by molar-refractivity contribution is -0.116. The van der Waals surface area contributed by atoms with Crippen molar-refractivity contribution >= 4 is 17.5 Å². The molecule has 4 nitrogen and oxygen atoms in total. The molecular formula is C22H28N2O2. The van der Waals surface area contributed by atoms with E-state index in [-0.39, 0.29) is 23.7 Å². The minimum absolute atomic E-state index is 0.0566. The van der Waals surface area contributed by atoms with E-state index in [1.165, 1.54) is 5.56 Å². The normalized spacial score (nSPS) is 11.1. The van der Waals surface area contributed by atoms with E-state index >= 15 is 0 Å². The number of amides is 2. The minimum atomic E-state index is -0.162. The maximum absolute atomic E-state index is 12.2. The van der Waals surface area contributed by atoms with Crippen molar-refractivity contribution in [2.45, 2.75) is 46.5 Å². The van der Waals surface area contributed by atoms with Gasteiger partial charge in [0.15, 0.2) is 0 Å². The molecule has 0 saturated heterocycles. The van der Waals surface area contributed by atoms with Crippen LogP contribution in [0.5, 0.6) is 0 Å². The number of rotatable bonds is 5. The van der Waals surface area contributed by atoms with Gasteiger partial charge in [-0.25, -0.2) is 0 Å². The third-order valence-electron chi connectivity index (χ3n) is 4.53. The smallest absolute Gasteiger partial charge is 0.251 e. The Morgan fingerprint density at radius 3 is 2.23 bits per heavy atom.